The number of fused-ring (bicyclic) bond motifs is 3. The van der Waals surface area contributed by atoms with Crippen molar-refractivity contribution in [2.24, 2.45) is 0 Å². The third-order valence-electron chi connectivity index (χ3n) is 12.4. The van der Waals surface area contributed by atoms with Gasteiger partial charge in [0.2, 0.25) is 0 Å². The molecule has 0 N–H and O–H groups in total. The molecule has 3 aromatic heterocycles. The van der Waals surface area contributed by atoms with Crippen LogP contribution in [-0.4, -0.2) is 24.5 Å². The predicted octanol–water partition coefficient (Wildman–Crippen LogP) is 16.0. The highest BCUT2D eigenvalue weighted by molar-refractivity contribution is 6.11. The smallest absolute Gasteiger partial charge is 0.308 e. The standard InChI is InChI=1S/C59H48F3N5/c1-57(2,3)41-27-29-44-45-30-28-42(58(4,5)6)34-53(45)67(52(44)33-41)54-46(55-63-48(37-19-11-7-12-20-37)35-49(64-55)38-21-13-8-14-22-38)31-43(59(60,61)62)32-47(54)56-65-50(39-23-15-9-16-24-39)36-51(66-56)40-25-17-10-18-26-40/h7-36H,1-6H3. The number of alkyl halides is 3. The van der Waals surface area contributed by atoms with Crippen molar-refractivity contribution in [3.63, 3.8) is 0 Å². The third kappa shape index (κ3) is 8.40. The quantitative estimate of drug-likeness (QED) is 0.160. The lowest BCUT2D eigenvalue weighted by atomic mass is 9.86. The first-order valence-corrected chi connectivity index (χ1v) is 22.5. The molecule has 0 aliphatic rings. The third-order valence-corrected chi connectivity index (χ3v) is 12.4. The SMILES string of the molecule is CC(C)(C)c1ccc2c3ccc(C(C)(C)C)cc3n(-c3c(-c4nc(-c5ccccc5)cc(-c5ccccc5)n4)cc(C(F)(F)F)cc3-c3nc(-c4ccccc4)cc(-c4ccccc4)n3)c2c1. The van der Waals surface area contributed by atoms with Gasteiger partial charge in [-0.3, -0.25) is 0 Å². The van der Waals surface area contributed by atoms with Crippen molar-refractivity contribution in [3.05, 3.63) is 199 Å². The zero-order valence-electron chi connectivity index (χ0n) is 38.2. The molecule has 10 aromatic rings. The summed E-state index contributed by atoms with van der Waals surface area (Å²) in [5.74, 6) is 0.248. The summed E-state index contributed by atoms with van der Waals surface area (Å²) in [6.45, 7) is 13.0. The van der Waals surface area contributed by atoms with Crippen molar-refractivity contribution in [2.45, 2.75) is 58.5 Å². The molecule has 67 heavy (non-hydrogen) atoms. The number of aromatic nitrogens is 5. The molecule has 0 atom stereocenters. The number of hydrogen-bond donors (Lipinski definition) is 0. The number of hydrogen-bond acceptors (Lipinski definition) is 4. The second-order valence-electron chi connectivity index (χ2n) is 19.1. The summed E-state index contributed by atoms with van der Waals surface area (Å²) < 4.78 is 49.6. The fourth-order valence-electron chi connectivity index (χ4n) is 8.74. The average molecular weight is 884 g/mol. The molecule has 0 aliphatic heterocycles. The highest BCUT2D eigenvalue weighted by Crippen LogP contribution is 2.46. The summed E-state index contributed by atoms with van der Waals surface area (Å²) >= 11 is 0. The molecule has 10 rings (SSSR count). The molecule has 3 heterocycles. The Labute approximate surface area is 388 Å². The van der Waals surface area contributed by atoms with Crippen molar-refractivity contribution < 1.29 is 13.2 Å². The van der Waals surface area contributed by atoms with E-state index in [1.807, 2.05) is 133 Å². The lowest BCUT2D eigenvalue weighted by molar-refractivity contribution is -0.137. The fourth-order valence-corrected chi connectivity index (χ4v) is 8.74. The van der Waals surface area contributed by atoms with Gasteiger partial charge in [-0.05, 0) is 58.4 Å². The monoisotopic (exact) mass is 883 g/mol. The van der Waals surface area contributed by atoms with E-state index in [4.69, 9.17) is 19.9 Å². The van der Waals surface area contributed by atoms with Crippen LogP contribution in [0.5, 0.6) is 0 Å². The molecule has 0 radical (unpaired) electrons. The average Bonchev–Trinajstić information content (AvgIpc) is 3.66. The Bertz CT molecular complexity index is 3110. The second-order valence-corrected chi connectivity index (χ2v) is 19.1. The highest BCUT2D eigenvalue weighted by Gasteiger charge is 2.35. The van der Waals surface area contributed by atoms with E-state index in [0.29, 0.717) is 28.5 Å². The molecule has 0 aliphatic carbocycles. The normalized spacial score (nSPS) is 12.3. The van der Waals surface area contributed by atoms with Gasteiger partial charge in [0.05, 0.1) is 45.1 Å². The summed E-state index contributed by atoms with van der Waals surface area (Å²) in [5, 5.41) is 1.90. The van der Waals surface area contributed by atoms with Crippen molar-refractivity contribution in [1.82, 2.24) is 24.5 Å². The lowest BCUT2D eigenvalue weighted by Gasteiger charge is -2.23. The first kappa shape index (κ1) is 43.2. The summed E-state index contributed by atoms with van der Waals surface area (Å²) in [5.41, 5.74) is 8.61. The number of benzene rings is 7. The first-order chi connectivity index (χ1) is 32.1. The van der Waals surface area contributed by atoms with E-state index in [9.17, 15) is 0 Å². The Morgan fingerprint density at radius 1 is 0.358 bits per heavy atom. The molecule has 5 nitrogen and oxygen atoms in total. The Hall–Kier alpha value is -7.71. The molecule has 0 spiro atoms. The van der Waals surface area contributed by atoms with E-state index in [1.165, 1.54) is 12.1 Å². The van der Waals surface area contributed by atoms with Crippen LogP contribution < -0.4 is 0 Å². The molecule has 0 amide bonds. The highest BCUT2D eigenvalue weighted by atomic mass is 19.4. The largest absolute Gasteiger partial charge is 0.416 e. The van der Waals surface area contributed by atoms with Gasteiger partial charge in [-0.2, -0.15) is 13.2 Å². The summed E-state index contributed by atoms with van der Waals surface area (Å²) in [6, 6.07) is 57.8. The summed E-state index contributed by atoms with van der Waals surface area (Å²) in [7, 11) is 0. The zero-order chi connectivity index (χ0) is 46.7. The number of nitrogens with zero attached hydrogens (tertiary/aromatic N) is 5. The van der Waals surface area contributed by atoms with E-state index >= 15 is 13.2 Å². The molecule has 330 valence electrons. The zero-order valence-corrected chi connectivity index (χ0v) is 38.2. The van der Waals surface area contributed by atoms with Gasteiger partial charge in [-0.25, -0.2) is 19.9 Å². The molecular formula is C59H48F3N5. The minimum atomic E-state index is -4.78. The fraction of sp³-hybridized carbons (Fsp3) is 0.153. The Balaban J connectivity index is 1.43. The molecular weight excluding hydrogens is 836 g/mol. The van der Waals surface area contributed by atoms with Gasteiger partial charge in [0, 0.05) is 44.2 Å². The minimum absolute atomic E-state index is 0.124. The van der Waals surface area contributed by atoms with Crippen molar-refractivity contribution in [1.29, 1.82) is 0 Å². The van der Waals surface area contributed by atoms with Crippen LogP contribution in [0.1, 0.15) is 58.2 Å². The van der Waals surface area contributed by atoms with E-state index in [2.05, 4.69) is 82.5 Å². The molecule has 0 bridgehead atoms. The molecule has 8 heteroatoms. The maximum atomic E-state index is 15.8. The van der Waals surface area contributed by atoms with Gasteiger partial charge < -0.3 is 4.57 Å². The molecule has 0 saturated carbocycles. The van der Waals surface area contributed by atoms with Gasteiger partial charge in [-0.1, -0.05) is 187 Å². The van der Waals surface area contributed by atoms with E-state index in [-0.39, 0.29) is 33.6 Å². The van der Waals surface area contributed by atoms with E-state index in [1.54, 1.807) is 0 Å². The van der Waals surface area contributed by atoms with E-state index in [0.717, 1.165) is 55.2 Å². The maximum absolute atomic E-state index is 15.8. The van der Waals surface area contributed by atoms with Crippen LogP contribution in [0.15, 0.2) is 182 Å². The summed E-state index contributed by atoms with van der Waals surface area (Å²) in [6.07, 6.45) is -4.78. The van der Waals surface area contributed by atoms with Gasteiger partial charge in [0.15, 0.2) is 11.6 Å². The van der Waals surface area contributed by atoms with Crippen LogP contribution in [0.3, 0.4) is 0 Å². The Morgan fingerprint density at radius 3 is 0.955 bits per heavy atom. The van der Waals surface area contributed by atoms with Gasteiger partial charge in [-0.15, -0.1) is 0 Å². The van der Waals surface area contributed by atoms with E-state index < -0.39 is 11.7 Å². The minimum Gasteiger partial charge on any atom is -0.308 e. The van der Waals surface area contributed by atoms with Crippen molar-refractivity contribution in [2.75, 3.05) is 0 Å². The van der Waals surface area contributed by atoms with Crippen LogP contribution in [-0.2, 0) is 17.0 Å². The Kier molecular flexibility index (Phi) is 10.7. The van der Waals surface area contributed by atoms with Gasteiger partial charge in [0.1, 0.15) is 0 Å². The molecule has 0 unspecified atom stereocenters. The second kappa shape index (κ2) is 16.6. The topological polar surface area (TPSA) is 56.5 Å². The van der Waals surface area contributed by atoms with Crippen LogP contribution in [0.4, 0.5) is 13.2 Å². The number of halogens is 3. The van der Waals surface area contributed by atoms with Crippen LogP contribution in [0, 0.1) is 0 Å². The van der Waals surface area contributed by atoms with Crippen molar-refractivity contribution in [3.8, 4) is 73.5 Å². The lowest BCUT2D eigenvalue weighted by Crippen LogP contribution is -2.13. The van der Waals surface area contributed by atoms with Crippen LogP contribution in [0.25, 0.3) is 95.3 Å². The van der Waals surface area contributed by atoms with Gasteiger partial charge in [0.25, 0.3) is 0 Å². The first-order valence-electron chi connectivity index (χ1n) is 22.5. The maximum Gasteiger partial charge on any atom is 0.416 e. The van der Waals surface area contributed by atoms with Crippen LogP contribution >= 0.6 is 0 Å². The van der Waals surface area contributed by atoms with Gasteiger partial charge >= 0.3 is 6.18 Å². The Morgan fingerprint density at radius 2 is 0.672 bits per heavy atom. The van der Waals surface area contributed by atoms with Crippen molar-refractivity contribution >= 4 is 21.8 Å². The molecule has 0 saturated heterocycles. The molecule has 7 aromatic carbocycles. The predicted molar refractivity (Wildman–Crippen MR) is 267 cm³/mol. The summed E-state index contributed by atoms with van der Waals surface area (Å²) in [4.78, 5) is 20.8. The molecule has 0 fully saturated rings. The number of rotatable bonds is 7. The van der Waals surface area contributed by atoms with Crippen LogP contribution in [0.2, 0.25) is 0 Å².